The van der Waals surface area contributed by atoms with E-state index in [1.54, 1.807) is 6.07 Å². The van der Waals surface area contributed by atoms with Crippen LogP contribution in [0.2, 0.25) is 0 Å². The monoisotopic (exact) mass is 206 g/mol. The molecular formula is C13H18O2. The molecule has 1 fully saturated rings. The minimum atomic E-state index is -0.164. The van der Waals surface area contributed by atoms with Crippen molar-refractivity contribution in [1.29, 1.82) is 0 Å². The van der Waals surface area contributed by atoms with E-state index in [1.807, 2.05) is 19.9 Å². The highest BCUT2D eigenvalue weighted by atomic mass is 16.3. The average molecular weight is 206 g/mol. The minimum absolute atomic E-state index is 0.142. The number of aliphatic hydroxyl groups excluding tert-OH is 1. The van der Waals surface area contributed by atoms with Gasteiger partial charge in [0.2, 0.25) is 0 Å². The number of phenolic OH excluding ortho intramolecular Hbond substituents is 1. The topological polar surface area (TPSA) is 40.5 Å². The van der Waals surface area contributed by atoms with Crippen molar-refractivity contribution in [2.24, 2.45) is 0 Å². The molecule has 0 aromatic heterocycles. The van der Waals surface area contributed by atoms with E-state index in [9.17, 15) is 10.2 Å². The van der Waals surface area contributed by atoms with Gasteiger partial charge in [0.25, 0.3) is 0 Å². The van der Waals surface area contributed by atoms with Gasteiger partial charge in [-0.2, -0.15) is 0 Å². The Labute approximate surface area is 90.6 Å². The highest BCUT2D eigenvalue weighted by molar-refractivity contribution is 5.46. The molecule has 1 saturated carbocycles. The number of aryl methyl sites for hydroxylation is 2. The molecule has 0 unspecified atom stereocenters. The van der Waals surface area contributed by atoms with Crippen LogP contribution < -0.4 is 0 Å². The van der Waals surface area contributed by atoms with Gasteiger partial charge in [0, 0.05) is 11.0 Å². The lowest BCUT2D eigenvalue weighted by Crippen LogP contribution is -2.38. The molecule has 2 nitrogen and oxygen atoms in total. The van der Waals surface area contributed by atoms with Crippen LogP contribution in [0.5, 0.6) is 5.75 Å². The van der Waals surface area contributed by atoms with Crippen molar-refractivity contribution in [2.75, 3.05) is 6.61 Å². The van der Waals surface area contributed by atoms with E-state index in [0.29, 0.717) is 5.75 Å². The molecule has 2 rings (SSSR count). The fourth-order valence-corrected chi connectivity index (χ4v) is 2.34. The molecule has 1 aliphatic rings. The predicted molar refractivity (Wildman–Crippen MR) is 60.2 cm³/mol. The lowest BCUT2D eigenvalue weighted by molar-refractivity contribution is 0.117. The van der Waals surface area contributed by atoms with Crippen molar-refractivity contribution >= 4 is 0 Å². The maximum absolute atomic E-state index is 9.94. The SMILES string of the molecule is Cc1cc(O)c(C2(CO)CCC2)cc1C. The van der Waals surface area contributed by atoms with Crippen LogP contribution in [0.1, 0.15) is 36.0 Å². The molecular weight excluding hydrogens is 188 g/mol. The Kier molecular flexibility index (Phi) is 2.47. The molecule has 0 spiro atoms. The highest BCUT2D eigenvalue weighted by Gasteiger charge is 2.40. The van der Waals surface area contributed by atoms with Crippen molar-refractivity contribution in [3.8, 4) is 5.75 Å². The Morgan fingerprint density at radius 2 is 1.80 bits per heavy atom. The van der Waals surface area contributed by atoms with Crippen molar-refractivity contribution in [3.63, 3.8) is 0 Å². The van der Waals surface area contributed by atoms with Crippen LogP contribution in [-0.2, 0) is 5.41 Å². The third kappa shape index (κ3) is 1.53. The van der Waals surface area contributed by atoms with Gasteiger partial charge < -0.3 is 10.2 Å². The molecule has 0 saturated heterocycles. The van der Waals surface area contributed by atoms with Crippen molar-refractivity contribution < 1.29 is 10.2 Å². The molecule has 1 aliphatic carbocycles. The maximum atomic E-state index is 9.94. The summed E-state index contributed by atoms with van der Waals surface area (Å²) in [6, 6.07) is 3.83. The first kappa shape index (κ1) is 10.5. The summed E-state index contributed by atoms with van der Waals surface area (Å²) in [5.41, 5.74) is 3.05. The van der Waals surface area contributed by atoms with Crippen molar-refractivity contribution in [3.05, 3.63) is 28.8 Å². The first-order valence-electron chi connectivity index (χ1n) is 5.51. The van der Waals surface area contributed by atoms with Gasteiger partial charge >= 0.3 is 0 Å². The number of hydrogen-bond donors (Lipinski definition) is 2. The minimum Gasteiger partial charge on any atom is -0.508 e. The summed E-state index contributed by atoms with van der Waals surface area (Å²) in [7, 11) is 0. The van der Waals surface area contributed by atoms with E-state index in [2.05, 4.69) is 0 Å². The van der Waals surface area contributed by atoms with E-state index < -0.39 is 0 Å². The molecule has 0 atom stereocenters. The first-order valence-corrected chi connectivity index (χ1v) is 5.51. The third-order valence-corrected chi connectivity index (χ3v) is 3.80. The van der Waals surface area contributed by atoms with Crippen molar-refractivity contribution in [2.45, 2.75) is 38.5 Å². The number of benzene rings is 1. The summed E-state index contributed by atoms with van der Waals surface area (Å²) in [6.45, 7) is 4.18. The summed E-state index contributed by atoms with van der Waals surface area (Å²) in [5, 5.41) is 19.4. The zero-order valence-corrected chi connectivity index (χ0v) is 9.38. The summed E-state index contributed by atoms with van der Waals surface area (Å²) >= 11 is 0. The van der Waals surface area contributed by atoms with E-state index in [-0.39, 0.29) is 12.0 Å². The van der Waals surface area contributed by atoms with E-state index >= 15 is 0 Å². The van der Waals surface area contributed by atoms with Crippen LogP contribution in [0.4, 0.5) is 0 Å². The van der Waals surface area contributed by atoms with Gasteiger partial charge in [-0.05, 0) is 43.9 Å². The molecule has 0 heterocycles. The Balaban J connectivity index is 2.47. The third-order valence-electron chi connectivity index (χ3n) is 3.80. The predicted octanol–water partition coefficient (Wildman–Crippen LogP) is 2.42. The zero-order valence-electron chi connectivity index (χ0n) is 9.38. The molecule has 0 radical (unpaired) electrons. The standard InChI is InChI=1S/C13H18O2/c1-9-6-11(12(15)7-10(9)2)13(8-14)4-3-5-13/h6-7,14-15H,3-5,8H2,1-2H3. The first-order chi connectivity index (χ1) is 7.09. The van der Waals surface area contributed by atoms with Crippen LogP contribution in [0, 0.1) is 13.8 Å². The summed E-state index contributed by atoms with van der Waals surface area (Å²) in [4.78, 5) is 0. The van der Waals surface area contributed by atoms with Gasteiger partial charge in [0.1, 0.15) is 5.75 Å². The molecule has 0 aliphatic heterocycles. The Hall–Kier alpha value is -1.02. The van der Waals surface area contributed by atoms with Gasteiger partial charge in [-0.1, -0.05) is 12.5 Å². The zero-order chi connectivity index (χ0) is 11.1. The highest BCUT2D eigenvalue weighted by Crippen LogP contribution is 2.47. The van der Waals surface area contributed by atoms with Crippen LogP contribution in [0.15, 0.2) is 12.1 Å². The molecule has 15 heavy (non-hydrogen) atoms. The van der Waals surface area contributed by atoms with E-state index in [4.69, 9.17) is 0 Å². The lowest BCUT2D eigenvalue weighted by Gasteiger charge is -2.41. The van der Waals surface area contributed by atoms with Crippen LogP contribution in [0.3, 0.4) is 0 Å². The largest absolute Gasteiger partial charge is 0.508 e. The number of phenols is 1. The normalized spacial score (nSPS) is 18.6. The second-order valence-electron chi connectivity index (χ2n) is 4.75. The number of rotatable bonds is 2. The molecule has 0 bridgehead atoms. The van der Waals surface area contributed by atoms with E-state index in [1.165, 1.54) is 5.56 Å². The molecule has 82 valence electrons. The second kappa shape index (κ2) is 3.53. The average Bonchev–Trinajstić information content (AvgIpc) is 2.12. The Morgan fingerprint density at radius 3 is 2.27 bits per heavy atom. The Bertz CT molecular complexity index is 373. The molecule has 2 N–H and O–H groups in total. The van der Waals surface area contributed by atoms with Gasteiger partial charge in [0.05, 0.1) is 6.61 Å². The van der Waals surface area contributed by atoms with Crippen LogP contribution in [-0.4, -0.2) is 16.8 Å². The summed E-state index contributed by atoms with van der Waals surface area (Å²) < 4.78 is 0. The van der Waals surface area contributed by atoms with E-state index in [0.717, 1.165) is 30.4 Å². The van der Waals surface area contributed by atoms with Crippen LogP contribution >= 0.6 is 0 Å². The lowest BCUT2D eigenvalue weighted by atomic mass is 9.64. The number of aromatic hydroxyl groups is 1. The maximum Gasteiger partial charge on any atom is 0.119 e. The molecule has 1 aromatic rings. The van der Waals surface area contributed by atoms with Gasteiger partial charge in [-0.15, -0.1) is 0 Å². The Morgan fingerprint density at radius 1 is 1.20 bits per heavy atom. The van der Waals surface area contributed by atoms with Gasteiger partial charge in [-0.3, -0.25) is 0 Å². The fourth-order valence-electron chi connectivity index (χ4n) is 2.34. The van der Waals surface area contributed by atoms with Crippen LogP contribution in [0.25, 0.3) is 0 Å². The molecule has 0 amide bonds. The smallest absolute Gasteiger partial charge is 0.119 e. The van der Waals surface area contributed by atoms with Crippen molar-refractivity contribution in [1.82, 2.24) is 0 Å². The second-order valence-corrected chi connectivity index (χ2v) is 4.75. The number of hydrogen-bond acceptors (Lipinski definition) is 2. The molecule has 2 heteroatoms. The molecule has 1 aromatic carbocycles. The van der Waals surface area contributed by atoms with Gasteiger partial charge in [0.15, 0.2) is 0 Å². The summed E-state index contributed by atoms with van der Waals surface area (Å²) in [6.07, 6.45) is 3.12. The fraction of sp³-hybridized carbons (Fsp3) is 0.538. The quantitative estimate of drug-likeness (QED) is 0.780. The summed E-state index contributed by atoms with van der Waals surface area (Å²) in [5.74, 6) is 0.340. The number of aliphatic hydroxyl groups is 1. The van der Waals surface area contributed by atoms with Gasteiger partial charge in [-0.25, -0.2) is 0 Å².